The molecular formula is C19H17NO4. The molecule has 0 atom stereocenters. The first-order valence-corrected chi connectivity index (χ1v) is 7.63. The van der Waals surface area contributed by atoms with Crippen molar-refractivity contribution >= 4 is 17.5 Å². The number of fused-ring (bicyclic) bond motifs is 1. The van der Waals surface area contributed by atoms with Crippen LogP contribution in [0.15, 0.2) is 42.5 Å². The van der Waals surface area contributed by atoms with E-state index in [1.165, 1.54) is 24.3 Å². The van der Waals surface area contributed by atoms with Crippen LogP contribution >= 0.6 is 0 Å². The lowest BCUT2D eigenvalue weighted by atomic mass is 9.74. The van der Waals surface area contributed by atoms with Crippen LogP contribution in [0, 0.1) is 0 Å². The van der Waals surface area contributed by atoms with Gasteiger partial charge < -0.3 is 10.8 Å². The van der Waals surface area contributed by atoms with Gasteiger partial charge in [0.25, 0.3) is 0 Å². The fraction of sp³-hybridized carbons (Fsp3) is 0.211. The molecule has 3 rings (SSSR count). The average Bonchev–Trinajstić information content (AvgIpc) is 2.77. The van der Waals surface area contributed by atoms with E-state index in [0.29, 0.717) is 0 Å². The molecule has 0 aliphatic heterocycles. The number of carbonyl (C=O) groups is 3. The molecule has 1 amide bonds. The molecule has 1 aliphatic rings. The number of carbonyl (C=O) groups excluding carboxylic acids is 3. The van der Waals surface area contributed by atoms with Crippen molar-refractivity contribution in [2.45, 2.75) is 25.2 Å². The number of hydrogen-bond donors (Lipinski definition) is 2. The second-order valence-corrected chi connectivity index (χ2v) is 6.25. The Kier molecular flexibility index (Phi) is 3.52. The summed E-state index contributed by atoms with van der Waals surface area (Å²) in [6.07, 6.45) is 0. The largest absolute Gasteiger partial charge is 0.508 e. The van der Waals surface area contributed by atoms with E-state index >= 15 is 0 Å². The Morgan fingerprint density at radius 1 is 1.04 bits per heavy atom. The minimum absolute atomic E-state index is 0.0643. The minimum Gasteiger partial charge on any atom is -0.508 e. The molecule has 0 bridgehead atoms. The Labute approximate surface area is 139 Å². The second kappa shape index (κ2) is 5.30. The number of aromatic hydroxyl groups is 1. The third kappa shape index (κ3) is 1.91. The molecule has 5 heteroatoms. The standard InChI is InChI=1S/C19H17NO4/c1-10(2)11-7-8-14(15(21)9-11)19(18(20)24)16(22)12-5-3-4-6-13(12)17(19)23/h3-10,21H,1-2H3,(H2,20,24). The highest BCUT2D eigenvalue weighted by Crippen LogP contribution is 2.43. The van der Waals surface area contributed by atoms with E-state index in [9.17, 15) is 19.5 Å². The molecule has 5 nitrogen and oxygen atoms in total. The van der Waals surface area contributed by atoms with Crippen molar-refractivity contribution in [2.75, 3.05) is 0 Å². The summed E-state index contributed by atoms with van der Waals surface area (Å²) in [5.41, 5.74) is 4.35. The number of rotatable bonds is 3. The molecule has 0 aromatic heterocycles. The lowest BCUT2D eigenvalue weighted by Crippen LogP contribution is -2.50. The summed E-state index contributed by atoms with van der Waals surface area (Å²) in [6.45, 7) is 3.89. The fourth-order valence-corrected chi connectivity index (χ4v) is 3.21. The summed E-state index contributed by atoms with van der Waals surface area (Å²) < 4.78 is 0. The van der Waals surface area contributed by atoms with Crippen LogP contribution in [0.25, 0.3) is 0 Å². The summed E-state index contributed by atoms with van der Waals surface area (Å²) in [5, 5.41) is 10.4. The van der Waals surface area contributed by atoms with Crippen LogP contribution < -0.4 is 5.73 Å². The van der Waals surface area contributed by atoms with Crippen LogP contribution in [0.5, 0.6) is 5.75 Å². The number of nitrogens with two attached hydrogens (primary N) is 1. The smallest absolute Gasteiger partial charge is 0.244 e. The Balaban J connectivity index is 2.29. The molecular weight excluding hydrogens is 306 g/mol. The number of Topliss-reactive ketones (excluding diaryl/α,β-unsaturated/α-hetero) is 2. The summed E-state index contributed by atoms with van der Waals surface area (Å²) >= 11 is 0. The molecule has 0 spiro atoms. The third-order valence-corrected chi connectivity index (χ3v) is 4.56. The van der Waals surface area contributed by atoms with Crippen molar-refractivity contribution in [1.29, 1.82) is 0 Å². The highest BCUT2D eigenvalue weighted by Gasteiger charge is 2.59. The summed E-state index contributed by atoms with van der Waals surface area (Å²) in [5.74, 6) is -2.61. The van der Waals surface area contributed by atoms with E-state index in [1.54, 1.807) is 18.2 Å². The summed E-state index contributed by atoms with van der Waals surface area (Å²) in [4.78, 5) is 38.1. The molecule has 2 aromatic carbocycles. The van der Waals surface area contributed by atoms with Gasteiger partial charge in [-0.05, 0) is 17.5 Å². The quantitative estimate of drug-likeness (QED) is 0.847. The van der Waals surface area contributed by atoms with Gasteiger partial charge in [0.05, 0.1) is 0 Å². The fourth-order valence-electron chi connectivity index (χ4n) is 3.21. The van der Waals surface area contributed by atoms with Gasteiger partial charge in [-0.3, -0.25) is 14.4 Å². The lowest BCUT2D eigenvalue weighted by molar-refractivity contribution is -0.120. The Morgan fingerprint density at radius 2 is 1.58 bits per heavy atom. The summed E-state index contributed by atoms with van der Waals surface area (Å²) in [7, 11) is 0. The van der Waals surface area contributed by atoms with E-state index in [-0.39, 0.29) is 28.4 Å². The zero-order chi connectivity index (χ0) is 17.6. The maximum Gasteiger partial charge on any atom is 0.244 e. The number of benzene rings is 2. The SMILES string of the molecule is CC(C)c1ccc(C2(C(N)=O)C(=O)c3ccccc3C2=O)c(O)c1. The van der Waals surface area contributed by atoms with Crippen LogP contribution in [0.1, 0.15) is 51.6 Å². The first kappa shape index (κ1) is 15.9. The van der Waals surface area contributed by atoms with E-state index in [1.807, 2.05) is 13.8 Å². The second-order valence-electron chi connectivity index (χ2n) is 6.25. The van der Waals surface area contributed by atoms with Gasteiger partial charge in [-0.1, -0.05) is 50.2 Å². The lowest BCUT2D eigenvalue weighted by Gasteiger charge is -2.24. The number of ketones is 2. The predicted molar refractivity (Wildman–Crippen MR) is 88.2 cm³/mol. The molecule has 0 saturated carbocycles. The van der Waals surface area contributed by atoms with Crippen molar-refractivity contribution in [3.63, 3.8) is 0 Å². The number of phenolic OH excluding ortho intramolecular Hbond substituents is 1. The van der Waals surface area contributed by atoms with Gasteiger partial charge in [0.15, 0.2) is 11.6 Å². The molecule has 1 aliphatic carbocycles. The Bertz CT molecular complexity index is 848. The highest BCUT2D eigenvalue weighted by atomic mass is 16.3. The normalized spacial score (nSPS) is 15.6. The average molecular weight is 323 g/mol. The molecule has 3 N–H and O–H groups in total. The molecule has 0 radical (unpaired) electrons. The van der Waals surface area contributed by atoms with Crippen LogP contribution in [-0.2, 0) is 10.2 Å². The van der Waals surface area contributed by atoms with Gasteiger partial charge in [-0.25, -0.2) is 0 Å². The maximum atomic E-state index is 12.9. The number of phenols is 1. The maximum absolute atomic E-state index is 12.9. The van der Waals surface area contributed by atoms with E-state index < -0.39 is 22.9 Å². The van der Waals surface area contributed by atoms with Gasteiger partial charge in [0, 0.05) is 16.7 Å². The van der Waals surface area contributed by atoms with Crippen molar-refractivity contribution in [3.05, 3.63) is 64.7 Å². The van der Waals surface area contributed by atoms with Crippen LogP contribution in [0.3, 0.4) is 0 Å². The van der Waals surface area contributed by atoms with Gasteiger partial charge >= 0.3 is 0 Å². The van der Waals surface area contributed by atoms with Crippen LogP contribution in [0.4, 0.5) is 0 Å². The number of hydrogen-bond acceptors (Lipinski definition) is 4. The van der Waals surface area contributed by atoms with Crippen molar-refractivity contribution in [2.24, 2.45) is 5.73 Å². The molecule has 0 fully saturated rings. The number of primary amides is 1. The summed E-state index contributed by atoms with van der Waals surface area (Å²) in [6, 6.07) is 10.8. The van der Waals surface area contributed by atoms with Gasteiger partial charge in [-0.15, -0.1) is 0 Å². The number of amides is 1. The van der Waals surface area contributed by atoms with E-state index in [4.69, 9.17) is 5.73 Å². The topological polar surface area (TPSA) is 97.5 Å². The van der Waals surface area contributed by atoms with Crippen molar-refractivity contribution < 1.29 is 19.5 Å². The van der Waals surface area contributed by atoms with Crippen molar-refractivity contribution in [1.82, 2.24) is 0 Å². The minimum atomic E-state index is -2.21. The van der Waals surface area contributed by atoms with Gasteiger partial charge in [0.1, 0.15) is 5.75 Å². The molecule has 0 unspecified atom stereocenters. The molecule has 24 heavy (non-hydrogen) atoms. The van der Waals surface area contributed by atoms with Gasteiger partial charge in [0.2, 0.25) is 11.3 Å². The molecule has 2 aromatic rings. The Morgan fingerprint density at radius 3 is 2.00 bits per heavy atom. The monoisotopic (exact) mass is 323 g/mol. The predicted octanol–water partition coefficient (Wildman–Crippen LogP) is 2.32. The van der Waals surface area contributed by atoms with Crippen LogP contribution in [0.2, 0.25) is 0 Å². The third-order valence-electron chi connectivity index (χ3n) is 4.56. The first-order valence-electron chi connectivity index (χ1n) is 7.63. The van der Waals surface area contributed by atoms with E-state index in [2.05, 4.69) is 0 Å². The van der Waals surface area contributed by atoms with Gasteiger partial charge in [-0.2, -0.15) is 0 Å². The zero-order valence-electron chi connectivity index (χ0n) is 13.4. The molecule has 0 heterocycles. The zero-order valence-corrected chi connectivity index (χ0v) is 13.4. The Hall–Kier alpha value is -2.95. The molecule has 0 saturated heterocycles. The van der Waals surface area contributed by atoms with Crippen LogP contribution in [-0.4, -0.2) is 22.6 Å². The highest BCUT2D eigenvalue weighted by molar-refractivity contribution is 6.43. The first-order chi connectivity index (χ1) is 11.3. The molecule has 122 valence electrons. The van der Waals surface area contributed by atoms with Crippen molar-refractivity contribution in [3.8, 4) is 5.75 Å². The van der Waals surface area contributed by atoms with E-state index in [0.717, 1.165) is 5.56 Å².